The van der Waals surface area contributed by atoms with Gasteiger partial charge in [-0.15, -0.1) is 10.2 Å². The first-order valence-corrected chi connectivity index (χ1v) is 8.18. The summed E-state index contributed by atoms with van der Waals surface area (Å²) in [6.45, 7) is 4.70. The second kappa shape index (κ2) is 5.81. The van der Waals surface area contributed by atoms with E-state index in [0.29, 0.717) is 19.0 Å². The highest BCUT2D eigenvalue weighted by atomic mass is 16.3. The van der Waals surface area contributed by atoms with Crippen molar-refractivity contribution in [1.82, 2.24) is 25.0 Å². The van der Waals surface area contributed by atoms with E-state index in [1.165, 1.54) is 12.8 Å². The fraction of sp³-hybridized carbons (Fsp3) is 0.562. The Labute approximate surface area is 134 Å². The molecule has 1 unspecified atom stereocenters. The second-order valence-corrected chi connectivity index (χ2v) is 6.42. The topological polar surface area (TPSA) is 76.2 Å². The monoisotopic (exact) mass is 315 g/mol. The largest absolute Gasteiger partial charge is 0.467 e. The number of hydrogen-bond donors (Lipinski definition) is 1. The van der Waals surface area contributed by atoms with E-state index in [-0.39, 0.29) is 11.9 Å². The fourth-order valence-corrected chi connectivity index (χ4v) is 3.11. The quantitative estimate of drug-likeness (QED) is 0.903. The summed E-state index contributed by atoms with van der Waals surface area (Å²) in [4.78, 5) is 14.3. The van der Waals surface area contributed by atoms with Gasteiger partial charge in [0.05, 0.1) is 25.4 Å². The van der Waals surface area contributed by atoms with Gasteiger partial charge in [0, 0.05) is 19.0 Å². The van der Waals surface area contributed by atoms with Gasteiger partial charge in [-0.25, -0.2) is 0 Å². The van der Waals surface area contributed by atoms with Crippen LogP contribution in [-0.2, 0) is 17.9 Å². The third kappa shape index (κ3) is 3.01. The number of nitrogens with zero attached hydrogens (tertiary/aromatic N) is 4. The number of nitrogens with one attached hydrogen (secondary N) is 1. The molecule has 1 aliphatic heterocycles. The minimum atomic E-state index is -0.118. The Morgan fingerprint density at radius 3 is 3.04 bits per heavy atom. The molecule has 1 atom stereocenters. The summed E-state index contributed by atoms with van der Waals surface area (Å²) < 4.78 is 7.55. The highest BCUT2D eigenvalue weighted by Gasteiger charge is 2.32. The average molecular weight is 315 g/mol. The number of amides is 1. The summed E-state index contributed by atoms with van der Waals surface area (Å²) >= 11 is 0. The van der Waals surface area contributed by atoms with Gasteiger partial charge < -0.3 is 14.3 Å². The van der Waals surface area contributed by atoms with Crippen LogP contribution in [0.25, 0.3) is 0 Å². The Morgan fingerprint density at radius 2 is 2.30 bits per heavy atom. The zero-order valence-corrected chi connectivity index (χ0v) is 13.2. The van der Waals surface area contributed by atoms with Gasteiger partial charge in [0.1, 0.15) is 17.4 Å². The Morgan fingerprint density at radius 1 is 1.43 bits per heavy atom. The number of aromatic nitrogens is 3. The van der Waals surface area contributed by atoms with Crippen LogP contribution in [0, 0.1) is 0 Å². The predicted octanol–water partition coefficient (Wildman–Crippen LogP) is 1.44. The molecule has 7 heteroatoms. The van der Waals surface area contributed by atoms with Gasteiger partial charge in [-0.1, -0.05) is 0 Å². The first-order chi connectivity index (χ1) is 11.2. The van der Waals surface area contributed by atoms with Gasteiger partial charge in [0.15, 0.2) is 0 Å². The molecule has 122 valence electrons. The maximum atomic E-state index is 12.2. The number of furan rings is 1. The molecule has 1 saturated carbocycles. The maximum Gasteiger partial charge on any atom is 0.234 e. The maximum absolute atomic E-state index is 12.2. The molecule has 3 heterocycles. The van der Waals surface area contributed by atoms with Crippen LogP contribution in [0.3, 0.4) is 0 Å². The molecule has 1 aliphatic carbocycles. The molecule has 1 N–H and O–H groups in total. The molecule has 0 radical (unpaired) electrons. The van der Waals surface area contributed by atoms with Gasteiger partial charge in [-0.3, -0.25) is 9.69 Å². The minimum absolute atomic E-state index is 0.00396. The van der Waals surface area contributed by atoms with Crippen molar-refractivity contribution in [3.8, 4) is 0 Å². The lowest BCUT2D eigenvalue weighted by Crippen LogP contribution is -2.42. The Balaban J connectivity index is 1.33. The van der Waals surface area contributed by atoms with Crippen LogP contribution in [0.15, 0.2) is 22.8 Å². The fourth-order valence-electron chi connectivity index (χ4n) is 3.11. The van der Waals surface area contributed by atoms with Crippen molar-refractivity contribution in [3.63, 3.8) is 0 Å². The highest BCUT2D eigenvalue weighted by Crippen LogP contribution is 2.39. The van der Waals surface area contributed by atoms with Gasteiger partial charge in [-0.2, -0.15) is 0 Å². The Kier molecular flexibility index (Phi) is 3.65. The molecule has 1 fully saturated rings. The third-order valence-corrected chi connectivity index (χ3v) is 4.52. The lowest BCUT2D eigenvalue weighted by molar-refractivity contribution is -0.123. The molecule has 1 amide bonds. The smallest absolute Gasteiger partial charge is 0.234 e. The van der Waals surface area contributed by atoms with Crippen LogP contribution in [-0.4, -0.2) is 38.7 Å². The minimum Gasteiger partial charge on any atom is -0.467 e. The molecule has 0 aromatic carbocycles. The van der Waals surface area contributed by atoms with E-state index in [2.05, 4.69) is 25.0 Å². The van der Waals surface area contributed by atoms with E-state index in [1.807, 2.05) is 19.1 Å². The van der Waals surface area contributed by atoms with Crippen LogP contribution in [0.4, 0.5) is 0 Å². The molecule has 0 spiro atoms. The van der Waals surface area contributed by atoms with Crippen LogP contribution in [0.2, 0.25) is 0 Å². The van der Waals surface area contributed by atoms with Crippen molar-refractivity contribution in [3.05, 3.63) is 35.8 Å². The average Bonchev–Trinajstić information content (AvgIpc) is 3.07. The van der Waals surface area contributed by atoms with E-state index >= 15 is 0 Å². The first-order valence-electron chi connectivity index (χ1n) is 8.18. The zero-order chi connectivity index (χ0) is 15.8. The summed E-state index contributed by atoms with van der Waals surface area (Å²) in [7, 11) is 0. The lowest BCUT2D eigenvalue weighted by atomic mass is 10.2. The molecule has 7 nitrogen and oxygen atoms in total. The molecule has 2 aromatic heterocycles. The van der Waals surface area contributed by atoms with Gasteiger partial charge >= 0.3 is 0 Å². The Bertz CT molecular complexity index is 689. The van der Waals surface area contributed by atoms with E-state index in [0.717, 1.165) is 30.5 Å². The van der Waals surface area contributed by atoms with Crippen molar-refractivity contribution in [1.29, 1.82) is 0 Å². The van der Waals surface area contributed by atoms with Gasteiger partial charge in [0.25, 0.3) is 0 Å². The molecule has 2 aliphatic rings. The SMILES string of the molecule is CC(NC(=O)CN1CCn2c(nnc2C2CC2)C1)c1ccco1. The van der Waals surface area contributed by atoms with Crippen LogP contribution >= 0.6 is 0 Å². The van der Waals surface area contributed by atoms with Crippen molar-refractivity contribution in [2.24, 2.45) is 0 Å². The van der Waals surface area contributed by atoms with Crippen LogP contribution in [0.5, 0.6) is 0 Å². The standard InChI is InChI=1S/C16H21N5O2/c1-11(13-3-2-8-23-13)17-15(22)10-20-6-7-21-14(9-20)18-19-16(21)12-4-5-12/h2-3,8,11-12H,4-7,9-10H2,1H3,(H,17,22). The van der Waals surface area contributed by atoms with Crippen molar-refractivity contribution >= 4 is 5.91 Å². The van der Waals surface area contributed by atoms with E-state index in [4.69, 9.17) is 4.42 Å². The molecule has 23 heavy (non-hydrogen) atoms. The summed E-state index contributed by atoms with van der Waals surface area (Å²) in [6.07, 6.45) is 4.08. The summed E-state index contributed by atoms with van der Waals surface area (Å²) in [6, 6.07) is 3.58. The number of rotatable bonds is 5. The molecule has 0 saturated heterocycles. The molecule has 0 bridgehead atoms. The van der Waals surface area contributed by atoms with E-state index in [9.17, 15) is 4.79 Å². The number of hydrogen-bond acceptors (Lipinski definition) is 5. The molecule has 2 aromatic rings. The second-order valence-electron chi connectivity index (χ2n) is 6.42. The van der Waals surface area contributed by atoms with Crippen molar-refractivity contribution < 1.29 is 9.21 Å². The Hall–Kier alpha value is -2.15. The molecular formula is C16H21N5O2. The van der Waals surface area contributed by atoms with Gasteiger partial charge in [-0.05, 0) is 31.9 Å². The lowest BCUT2D eigenvalue weighted by Gasteiger charge is -2.27. The summed E-state index contributed by atoms with van der Waals surface area (Å²) in [5, 5.41) is 11.6. The third-order valence-electron chi connectivity index (χ3n) is 4.52. The normalized spacial score (nSPS) is 19.3. The van der Waals surface area contributed by atoms with Crippen LogP contribution in [0.1, 0.15) is 49.1 Å². The highest BCUT2D eigenvalue weighted by molar-refractivity contribution is 5.78. The predicted molar refractivity (Wildman–Crippen MR) is 82.5 cm³/mol. The van der Waals surface area contributed by atoms with E-state index < -0.39 is 0 Å². The van der Waals surface area contributed by atoms with Crippen LogP contribution < -0.4 is 5.32 Å². The first kappa shape index (κ1) is 14.4. The molecule has 4 rings (SSSR count). The number of carbonyl (C=O) groups is 1. The van der Waals surface area contributed by atoms with Crippen molar-refractivity contribution in [2.45, 2.75) is 44.8 Å². The summed E-state index contributed by atoms with van der Waals surface area (Å²) in [5.74, 6) is 3.50. The summed E-state index contributed by atoms with van der Waals surface area (Å²) in [5.41, 5.74) is 0. The van der Waals surface area contributed by atoms with Crippen molar-refractivity contribution in [2.75, 3.05) is 13.1 Å². The van der Waals surface area contributed by atoms with Gasteiger partial charge in [0.2, 0.25) is 5.91 Å². The zero-order valence-electron chi connectivity index (χ0n) is 13.2. The molecular weight excluding hydrogens is 294 g/mol. The number of carbonyl (C=O) groups excluding carboxylic acids is 1. The number of fused-ring (bicyclic) bond motifs is 1. The van der Waals surface area contributed by atoms with E-state index in [1.54, 1.807) is 6.26 Å².